The minimum atomic E-state index is -1.16. The number of aliphatic carboxylic acids is 1. The summed E-state index contributed by atoms with van der Waals surface area (Å²) < 4.78 is 5.29. The Balaban J connectivity index is 1.94. The second kappa shape index (κ2) is 6.35. The number of Topliss-reactive ketones (excluding diaryl/α,β-unsaturated/α-hetero) is 1. The van der Waals surface area contributed by atoms with E-state index in [1.54, 1.807) is 6.92 Å². The van der Waals surface area contributed by atoms with Crippen molar-refractivity contribution in [1.82, 2.24) is 9.88 Å². The summed E-state index contributed by atoms with van der Waals surface area (Å²) in [6.45, 7) is 5.60. The molecule has 1 aliphatic heterocycles. The Bertz CT molecular complexity index is 841. The molecule has 0 radical (unpaired) electrons. The van der Waals surface area contributed by atoms with Gasteiger partial charge in [-0.05, 0) is 24.8 Å². The molecule has 1 amide bonds. The van der Waals surface area contributed by atoms with Gasteiger partial charge in [-0.15, -0.1) is 0 Å². The lowest BCUT2D eigenvalue weighted by Crippen LogP contribution is -2.52. The summed E-state index contributed by atoms with van der Waals surface area (Å²) in [5, 5.41) is 9.15. The number of ether oxygens (including phenoxy) is 1. The summed E-state index contributed by atoms with van der Waals surface area (Å²) >= 11 is 0. The number of aromatic amines is 1. The van der Waals surface area contributed by atoms with Crippen LogP contribution in [0.2, 0.25) is 0 Å². The molecule has 26 heavy (non-hydrogen) atoms. The van der Waals surface area contributed by atoms with E-state index < -0.39 is 29.6 Å². The van der Waals surface area contributed by atoms with Crippen molar-refractivity contribution in [2.75, 3.05) is 13.1 Å². The van der Waals surface area contributed by atoms with Gasteiger partial charge in [-0.1, -0.05) is 13.8 Å². The second-order valence-corrected chi connectivity index (χ2v) is 7.83. The molecule has 0 bridgehead atoms. The number of aromatic nitrogens is 1. The Morgan fingerprint density at radius 3 is 2.62 bits per heavy atom. The van der Waals surface area contributed by atoms with Gasteiger partial charge in [0.2, 0.25) is 0 Å². The summed E-state index contributed by atoms with van der Waals surface area (Å²) in [5.41, 5.74) is -0.0392. The van der Waals surface area contributed by atoms with Crippen LogP contribution in [0, 0.1) is 5.41 Å². The maximum Gasteiger partial charge on any atom is 0.334 e. The zero-order valence-electron chi connectivity index (χ0n) is 15.0. The number of rotatable bonds is 2. The first-order valence-corrected chi connectivity index (χ1v) is 8.54. The van der Waals surface area contributed by atoms with Crippen LogP contribution in [0.3, 0.4) is 0 Å². The molecule has 2 N–H and O–H groups in total. The van der Waals surface area contributed by atoms with Gasteiger partial charge >= 0.3 is 5.97 Å². The number of carboxylic acids is 1. The fourth-order valence-electron chi connectivity index (χ4n) is 3.61. The zero-order chi connectivity index (χ0) is 19.2. The van der Waals surface area contributed by atoms with Crippen molar-refractivity contribution in [3.05, 3.63) is 33.2 Å². The van der Waals surface area contributed by atoms with Crippen molar-refractivity contribution in [2.24, 2.45) is 5.41 Å². The van der Waals surface area contributed by atoms with Crippen molar-refractivity contribution in [2.45, 2.75) is 45.8 Å². The summed E-state index contributed by atoms with van der Waals surface area (Å²) in [5.74, 6) is -1.86. The molecule has 0 spiro atoms. The first-order valence-electron chi connectivity index (χ1n) is 8.54. The maximum atomic E-state index is 12.8. The van der Waals surface area contributed by atoms with Crippen LogP contribution in [0.5, 0.6) is 0 Å². The molecule has 0 saturated carbocycles. The Kier molecular flexibility index (Phi) is 4.47. The number of nitrogens with zero attached hydrogens (tertiary/aromatic N) is 1. The topological polar surface area (TPSA) is 117 Å². The van der Waals surface area contributed by atoms with Crippen LogP contribution >= 0.6 is 0 Å². The van der Waals surface area contributed by atoms with Crippen LogP contribution in [0.25, 0.3) is 0 Å². The van der Waals surface area contributed by atoms with Gasteiger partial charge in [0.25, 0.3) is 11.5 Å². The van der Waals surface area contributed by atoms with E-state index in [0.717, 1.165) is 0 Å². The molecular weight excluding hydrogens is 340 g/mol. The third kappa shape index (κ3) is 3.41. The first-order chi connectivity index (χ1) is 12.1. The van der Waals surface area contributed by atoms with Crippen molar-refractivity contribution >= 4 is 17.7 Å². The zero-order valence-corrected chi connectivity index (χ0v) is 15.0. The van der Waals surface area contributed by atoms with Crippen LogP contribution in [-0.4, -0.2) is 57.9 Å². The molecule has 0 aromatic carbocycles. The maximum absolute atomic E-state index is 12.8. The molecule has 8 nitrogen and oxygen atoms in total. The number of fused-ring (bicyclic) bond motifs is 1. The lowest BCUT2D eigenvalue weighted by molar-refractivity contribution is -0.160. The molecule has 1 aromatic rings. The van der Waals surface area contributed by atoms with Gasteiger partial charge in [-0.3, -0.25) is 14.4 Å². The van der Waals surface area contributed by atoms with E-state index in [-0.39, 0.29) is 29.9 Å². The van der Waals surface area contributed by atoms with Crippen LogP contribution in [0.4, 0.5) is 0 Å². The minimum absolute atomic E-state index is 0.111. The highest BCUT2D eigenvalue weighted by Crippen LogP contribution is 2.33. The molecule has 1 unspecified atom stereocenters. The highest BCUT2D eigenvalue weighted by Gasteiger charge is 2.36. The molecule has 1 aliphatic carbocycles. The summed E-state index contributed by atoms with van der Waals surface area (Å²) in [6, 6.07) is 1.35. The lowest BCUT2D eigenvalue weighted by atomic mass is 9.75. The fraction of sp³-hybridized carbons (Fsp3) is 0.556. The van der Waals surface area contributed by atoms with Crippen molar-refractivity contribution in [3.8, 4) is 0 Å². The molecule has 8 heteroatoms. The van der Waals surface area contributed by atoms with Gasteiger partial charge in [0.1, 0.15) is 5.56 Å². The van der Waals surface area contributed by atoms with Crippen LogP contribution in [0.15, 0.2) is 10.9 Å². The number of nitrogens with one attached hydrogen (secondary N) is 1. The normalized spacial score (nSPS) is 24.9. The largest absolute Gasteiger partial charge is 0.479 e. The number of ketones is 1. The molecule has 1 saturated heterocycles. The van der Waals surface area contributed by atoms with Gasteiger partial charge in [0.05, 0.1) is 12.6 Å². The fourth-order valence-corrected chi connectivity index (χ4v) is 3.61. The van der Waals surface area contributed by atoms with Crippen LogP contribution < -0.4 is 5.56 Å². The standard InChI is InChI=1S/C18H22N2O6/c1-9-7-20(8-14(26-9)17(24)25)16(23)11-4-10-12(19-15(11)22)5-18(2,3)6-13(10)21/h4,9,14H,5-8H2,1-3H3,(H,19,22)(H,24,25)/t9-,14?/m1/s1. The van der Waals surface area contributed by atoms with Gasteiger partial charge in [-0.25, -0.2) is 4.79 Å². The number of hydrogen-bond donors (Lipinski definition) is 2. The van der Waals surface area contributed by atoms with Gasteiger partial charge < -0.3 is 19.7 Å². The number of morpholine rings is 1. The number of amides is 1. The summed E-state index contributed by atoms with van der Waals surface area (Å²) in [6.07, 6.45) is -0.710. The average Bonchev–Trinajstić information content (AvgIpc) is 2.51. The van der Waals surface area contributed by atoms with Crippen molar-refractivity contribution in [1.29, 1.82) is 0 Å². The number of carbonyl (C=O) groups is 3. The molecule has 1 aromatic heterocycles. The summed E-state index contributed by atoms with van der Waals surface area (Å²) in [4.78, 5) is 52.8. The molecule has 2 aliphatic rings. The number of pyridine rings is 1. The lowest BCUT2D eigenvalue weighted by Gasteiger charge is -2.35. The predicted molar refractivity (Wildman–Crippen MR) is 91.4 cm³/mol. The van der Waals surface area contributed by atoms with Crippen LogP contribution in [0.1, 0.15) is 53.6 Å². The van der Waals surface area contributed by atoms with Crippen LogP contribution in [-0.2, 0) is 16.0 Å². The monoisotopic (exact) mass is 362 g/mol. The smallest absolute Gasteiger partial charge is 0.334 e. The molecule has 2 heterocycles. The van der Waals surface area contributed by atoms with Crippen molar-refractivity contribution < 1.29 is 24.2 Å². The Hall–Kier alpha value is -2.48. The Morgan fingerprint density at radius 2 is 1.96 bits per heavy atom. The number of H-pyrrole nitrogens is 1. The number of hydrogen-bond acceptors (Lipinski definition) is 5. The van der Waals surface area contributed by atoms with E-state index in [1.165, 1.54) is 11.0 Å². The Labute approximate surface area is 150 Å². The number of carbonyl (C=O) groups excluding carboxylic acids is 2. The first kappa shape index (κ1) is 18.3. The van der Waals surface area contributed by atoms with E-state index in [4.69, 9.17) is 9.84 Å². The highest BCUT2D eigenvalue weighted by molar-refractivity contribution is 6.02. The molecule has 140 valence electrons. The molecular formula is C18H22N2O6. The Morgan fingerprint density at radius 1 is 1.27 bits per heavy atom. The second-order valence-electron chi connectivity index (χ2n) is 7.83. The molecule has 3 rings (SSSR count). The average molecular weight is 362 g/mol. The van der Waals surface area contributed by atoms with E-state index in [2.05, 4.69) is 4.98 Å². The third-order valence-corrected chi connectivity index (χ3v) is 4.77. The third-order valence-electron chi connectivity index (χ3n) is 4.77. The van der Waals surface area contributed by atoms with E-state index >= 15 is 0 Å². The van der Waals surface area contributed by atoms with E-state index in [9.17, 15) is 19.2 Å². The minimum Gasteiger partial charge on any atom is -0.479 e. The van der Waals surface area contributed by atoms with Crippen molar-refractivity contribution in [3.63, 3.8) is 0 Å². The van der Waals surface area contributed by atoms with Gasteiger partial charge in [-0.2, -0.15) is 0 Å². The number of carboxylic acid groups (broad SMARTS) is 1. The van der Waals surface area contributed by atoms with E-state index in [1.807, 2.05) is 13.8 Å². The van der Waals surface area contributed by atoms with Gasteiger partial charge in [0.15, 0.2) is 11.9 Å². The SMILES string of the molecule is C[C@@H]1CN(C(=O)c2cc3c([nH]c2=O)CC(C)(C)CC3=O)CC(C(=O)O)O1. The predicted octanol–water partition coefficient (Wildman–Crippen LogP) is 0.844. The van der Waals surface area contributed by atoms with Gasteiger partial charge in [0, 0.05) is 24.2 Å². The summed E-state index contributed by atoms with van der Waals surface area (Å²) in [7, 11) is 0. The molecule has 1 fully saturated rings. The molecule has 2 atom stereocenters. The highest BCUT2D eigenvalue weighted by atomic mass is 16.5. The van der Waals surface area contributed by atoms with E-state index in [0.29, 0.717) is 24.1 Å². The quantitative estimate of drug-likeness (QED) is 0.805.